The van der Waals surface area contributed by atoms with Gasteiger partial charge in [-0.1, -0.05) is 25.1 Å². The third kappa shape index (κ3) is 5.52. The fraction of sp³-hybridized carbons (Fsp3) is 0.588. The number of carbonyl (C=O) groups is 1. The highest BCUT2D eigenvalue weighted by Crippen LogP contribution is 2.27. The van der Waals surface area contributed by atoms with Crippen LogP contribution < -0.4 is 15.4 Å². The summed E-state index contributed by atoms with van der Waals surface area (Å²) in [6, 6.07) is 8.05. The Hall–Kier alpha value is -1.01. The van der Waals surface area contributed by atoms with Crippen LogP contribution in [0.5, 0.6) is 5.75 Å². The van der Waals surface area contributed by atoms with Crippen molar-refractivity contribution in [3.05, 3.63) is 29.8 Å². The molecule has 0 aromatic heterocycles. The largest absolute Gasteiger partial charge is 0.496 e. The zero-order valence-corrected chi connectivity index (χ0v) is 16.4. The number of nitrogens with zero attached hydrogens (tertiary/aromatic N) is 1. The summed E-state index contributed by atoms with van der Waals surface area (Å²) in [6.45, 7) is 4.47. The molecule has 2 atom stereocenters. The molecule has 0 radical (unpaired) electrons. The maximum absolute atomic E-state index is 12.3. The number of likely N-dealkylation sites (N-methyl/N-ethyl adjacent to an activating group) is 1. The van der Waals surface area contributed by atoms with Crippen LogP contribution >= 0.6 is 24.8 Å². The second kappa shape index (κ2) is 10.8. The van der Waals surface area contributed by atoms with Crippen molar-refractivity contribution >= 4 is 30.7 Å². The molecule has 7 heteroatoms. The summed E-state index contributed by atoms with van der Waals surface area (Å²) in [7, 11) is 5.71. The van der Waals surface area contributed by atoms with Crippen molar-refractivity contribution in [2.45, 2.75) is 13.0 Å². The highest BCUT2D eigenvalue weighted by molar-refractivity contribution is 5.85. The third-order valence-corrected chi connectivity index (χ3v) is 4.52. The van der Waals surface area contributed by atoms with Gasteiger partial charge < -0.3 is 20.3 Å². The molecule has 1 aromatic carbocycles. The summed E-state index contributed by atoms with van der Waals surface area (Å²) in [5, 5.41) is 6.32. The Bertz CT molecular complexity index is 510. The minimum atomic E-state index is 0. The second-order valence-corrected chi connectivity index (χ2v) is 6.17. The van der Waals surface area contributed by atoms with E-state index in [1.165, 1.54) is 0 Å². The average molecular weight is 378 g/mol. The van der Waals surface area contributed by atoms with E-state index in [2.05, 4.69) is 21.6 Å². The molecule has 1 fully saturated rings. The molecular formula is C17H29Cl2N3O2. The van der Waals surface area contributed by atoms with Gasteiger partial charge >= 0.3 is 0 Å². The van der Waals surface area contributed by atoms with Gasteiger partial charge in [0.25, 0.3) is 0 Å². The number of para-hydroxylation sites is 1. The first kappa shape index (κ1) is 23.0. The Kier molecular flexibility index (Phi) is 10.3. The average Bonchev–Trinajstić information content (AvgIpc) is 2.45. The molecule has 24 heavy (non-hydrogen) atoms. The molecule has 0 spiro atoms. The summed E-state index contributed by atoms with van der Waals surface area (Å²) in [6.07, 6.45) is 0. The van der Waals surface area contributed by atoms with Gasteiger partial charge in [0.2, 0.25) is 5.91 Å². The van der Waals surface area contributed by atoms with Crippen molar-refractivity contribution in [2.75, 3.05) is 40.8 Å². The van der Waals surface area contributed by atoms with E-state index in [1.54, 1.807) is 7.11 Å². The number of hydrogen-bond acceptors (Lipinski definition) is 4. The van der Waals surface area contributed by atoms with E-state index in [4.69, 9.17) is 4.74 Å². The van der Waals surface area contributed by atoms with Gasteiger partial charge in [0, 0.05) is 18.0 Å². The standard InChI is InChI=1S/C17H27N3O2.2ClH/c1-12(13-9-18-10-13)17(21)19-11-15(20(2)3)14-7-5-6-8-16(14)22-4;;/h5-8,12-13,15,18H,9-11H2,1-4H3,(H,19,21);2*1H. The molecular weight excluding hydrogens is 349 g/mol. The molecule has 1 heterocycles. The fourth-order valence-corrected chi connectivity index (χ4v) is 2.75. The molecule has 1 aromatic rings. The van der Waals surface area contributed by atoms with Crippen LogP contribution in [0.15, 0.2) is 24.3 Å². The van der Waals surface area contributed by atoms with E-state index < -0.39 is 0 Å². The summed E-state index contributed by atoms with van der Waals surface area (Å²) in [5.74, 6) is 1.51. The Labute approximate surface area is 157 Å². The maximum Gasteiger partial charge on any atom is 0.223 e. The van der Waals surface area contributed by atoms with Gasteiger partial charge in [0.1, 0.15) is 5.75 Å². The summed E-state index contributed by atoms with van der Waals surface area (Å²) >= 11 is 0. The Morgan fingerprint density at radius 3 is 2.46 bits per heavy atom. The molecule has 1 aliphatic heterocycles. The molecule has 1 amide bonds. The van der Waals surface area contributed by atoms with Crippen molar-refractivity contribution in [3.8, 4) is 5.75 Å². The van der Waals surface area contributed by atoms with Crippen molar-refractivity contribution in [1.29, 1.82) is 0 Å². The van der Waals surface area contributed by atoms with E-state index in [-0.39, 0.29) is 42.7 Å². The van der Waals surface area contributed by atoms with E-state index in [9.17, 15) is 4.79 Å². The molecule has 138 valence electrons. The quantitative estimate of drug-likeness (QED) is 0.763. The molecule has 1 aliphatic rings. The number of carbonyl (C=O) groups excluding carboxylic acids is 1. The van der Waals surface area contributed by atoms with Crippen LogP contribution in [0.25, 0.3) is 0 Å². The molecule has 2 unspecified atom stereocenters. The number of ether oxygens (including phenoxy) is 1. The topological polar surface area (TPSA) is 53.6 Å². The number of methoxy groups -OCH3 is 1. The molecule has 2 rings (SSSR count). The summed E-state index contributed by atoms with van der Waals surface area (Å²) in [5.41, 5.74) is 1.09. The van der Waals surface area contributed by atoms with E-state index in [0.29, 0.717) is 12.5 Å². The highest BCUT2D eigenvalue weighted by Gasteiger charge is 2.29. The molecule has 2 N–H and O–H groups in total. The van der Waals surface area contributed by atoms with Crippen LogP contribution in [0.1, 0.15) is 18.5 Å². The number of hydrogen-bond donors (Lipinski definition) is 2. The third-order valence-electron chi connectivity index (χ3n) is 4.52. The molecule has 5 nitrogen and oxygen atoms in total. The van der Waals surface area contributed by atoms with Crippen LogP contribution in [-0.4, -0.2) is 51.6 Å². The number of rotatable bonds is 7. The minimum absolute atomic E-state index is 0. The van der Waals surface area contributed by atoms with Gasteiger partial charge in [0.05, 0.1) is 13.2 Å². The van der Waals surface area contributed by atoms with Crippen molar-refractivity contribution in [3.63, 3.8) is 0 Å². The Morgan fingerprint density at radius 1 is 1.33 bits per heavy atom. The summed E-state index contributed by atoms with van der Waals surface area (Å²) in [4.78, 5) is 14.4. The van der Waals surface area contributed by atoms with E-state index in [1.807, 2.05) is 39.2 Å². The summed E-state index contributed by atoms with van der Waals surface area (Å²) < 4.78 is 5.45. The Morgan fingerprint density at radius 2 is 1.96 bits per heavy atom. The van der Waals surface area contributed by atoms with Gasteiger partial charge in [-0.25, -0.2) is 0 Å². The molecule has 0 bridgehead atoms. The van der Waals surface area contributed by atoms with Crippen LogP contribution in [-0.2, 0) is 4.79 Å². The van der Waals surface area contributed by atoms with Crippen LogP contribution in [0.4, 0.5) is 0 Å². The normalized spacial score (nSPS) is 16.2. The van der Waals surface area contributed by atoms with E-state index in [0.717, 1.165) is 24.4 Å². The lowest BCUT2D eigenvalue weighted by Gasteiger charge is -2.32. The predicted molar refractivity (Wildman–Crippen MR) is 102 cm³/mol. The van der Waals surface area contributed by atoms with Gasteiger partial charge in [-0.15, -0.1) is 24.8 Å². The number of halogens is 2. The first-order valence-corrected chi connectivity index (χ1v) is 7.82. The zero-order valence-electron chi connectivity index (χ0n) is 14.7. The molecule has 1 saturated heterocycles. The number of nitrogens with one attached hydrogen (secondary N) is 2. The monoisotopic (exact) mass is 377 g/mol. The smallest absolute Gasteiger partial charge is 0.223 e. The number of benzene rings is 1. The van der Waals surface area contributed by atoms with Gasteiger partial charge in [-0.05, 0) is 39.2 Å². The van der Waals surface area contributed by atoms with E-state index >= 15 is 0 Å². The zero-order chi connectivity index (χ0) is 16.1. The van der Waals surface area contributed by atoms with Crippen molar-refractivity contribution < 1.29 is 9.53 Å². The lowest BCUT2D eigenvalue weighted by Crippen LogP contribution is -2.50. The molecule has 0 aliphatic carbocycles. The van der Waals surface area contributed by atoms with Crippen molar-refractivity contribution in [2.24, 2.45) is 11.8 Å². The minimum Gasteiger partial charge on any atom is -0.496 e. The fourth-order valence-electron chi connectivity index (χ4n) is 2.75. The second-order valence-electron chi connectivity index (χ2n) is 6.17. The Balaban J connectivity index is 0.00000264. The van der Waals surface area contributed by atoms with Crippen LogP contribution in [0.2, 0.25) is 0 Å². The van der Waals surface area contributed by atoms with Crippen LogP contribution in [0, 0.1) is 11.8 Å². The van der Waals surface area contributed by atoms with Gasteiger partial charge in [-0.3, -0.25) is 4.79 Å². The maximum atomic E-state index is 12.3. The predicted octanol–water partition coefficient (Wildman–Crippen LogP) is 2.11. The first-order chi connectivity index (χ1) is 10.5. The van der Waals surface area contributed by atoms with Gasteiger partial charge in [0.15, 0.2) is 0 Å². The lowest BCUT2D eigenvalue weighted by atomic mass is 9.88. The molecule has 0 saturated carbocycles. The van der Waals surface area contributed by atoms with Crippen molar-refractivity contribution in [1.82, 2.24) is 15.5 Å². The van der Waals surface area contributed by atoms with Crippen LogP contribution in [0.3, 0.4) is 0 Å². The highest BCUT2D eigenvalue weighted by atomic mass is 35.5. The van der Waals surface area contributed by atoms with Gasteiger partial charge in [-0.2, -0.15) is 0 Å². The SMILES string of the molecule is COc1ccccc1C(CNC(=O)C(C)C1CNC1)N(C)C.Cl.Cl. The lowest BCUT2D eigenvalue weighted by molar-refractivity contribution is -0.126. The number of amides is 1. The first-order valence-electron chi connectivity index (χ1n) is 7.82.